The average Bonchev–Trinajstić information content (AvgIpc) is 2.49. The SMILES string of the molecule is CCOc1cccc(C(Cc2cc(F)ccc2C)NN)c1. The fourth-order valence-electron chi connectivity index (χ4n) is 2.34. The molecule has 0 aliphatic rings. The lowest BCUT2D eigenvalue weighted by Gasteiger charge is -2.18. The molecule has 0 amide bonds. The molecule has 0 bridgehead atoms. The highest BCUT2D eigenvalue weighted by Crippen LogP contribution is 2.24. The van der Waals surface area contributed by atoms with Gasteiger partial charge in [0, 0.05) is 0 Å². The molecular weight excluding hydrogens is 267 g/mol. The third kappa shape index (κ3) is 4.03. The Morgan fingerprint density at radius 1 is 1.24 bits per heavy atom. The van der Waals surface area contributed by atoms with Crippen molar-refractivity contribution in [3.05, 3.63) is 65.0 Å². The first kappa shape index (κ1) is 15.5. The van der Waals surface area contributed by atoms with Gasteiger partial charge in [-0.15, -0.1) is 0 Å². The van der Waals surface area contributed by atoms with Gasteiger partial charge in [-0.1, -0.05) is 18.2 Å². The second-order valence-corrected chi connectivity index (χ2v) is 5.00. The molecule has 1 unspecified atom stereocenters. The Kier molecular flexibility index (Phi) is 5.31. The van der Waals surface area contributed by atoms with E-state index in [1.807, 2.05) is 38.1 Å². The summed E-state index contributed by atoms with van der Waals surface area (Å²) in [4.78, 5) is 0. The molecule has 21 heavy (non-hydrogen) atoms. The summed E-state index contributed by atoms with van der Waals surface area (Å²) < 4.78 is 18.9. The van der Waals surface area contributed by atoms with Crippen LogP contribution in [0.15, 0.2) is 42.5 Å². The van der Waals surface area contributed by atoms with Crippen LogP contribution in [0.5, 0.6) is 5.75 Å². The van der Waals surface area contributed by atoms with Crippen LogP contribution in [-0.2, 0) is 6.42 Å². The largest absolute Gasteiger partial charge is 0.494 e. The van der Waals surface area contributed by atoms with Crippen molar-refractivity contribution in [1.29, 1.82) is 0 Å². The van der Waals surface area contributed by atoms with Gasteiger partial charge in [-0.25, -0.2) is 4.39 Å². The first-order valence-corrected chi connectivity index (χ1v) is 7.08. The first-order valence-electron chi connectivity index (χ1n) is 7.08. The molecule has 0 saturated heterocycles. The monoisotopic (exact) mass is 288 g/mol. The Morgan fingerprint density at radius 3 is 2.76 bits per heavy atom. The minimum atomic E-state index is -0.227. The van der Waals surface area contributed by atoms with Crippen LogP contribution < -0.4 is 16.0 Å². The smallest absolute Gasteiger partial charge is 0.123 e. The Morgan fingerprint density at radius 2 is 2.05 bits per heavy atom. The summed E-state index contributed by atoms with van der Waals surface area (Å²) in [5.41, 5.74) is 5.82. The summed E-state index contributed by atoms with van der Waals surface area (Å²) in [6, 6.07) is 12.5. The average molecular weight is 288 g/mol. The zero-order chi connectivity index (χ0) is 15.2. The fraction of sp³-hybridized carbons (Fsp3) is 0.294. The molecule has 0 heterocycles. The maximum absolute atomic E-state index is 13.4. The Hall–Kier alpha value is -1.91. The molecule has 3 nitrogen and oxygen atoms in total. The topological polar surface area (TPSA) is 47.3 Å². The van der Waals surface area contributed by atoms with E-state index < -0.39 is 0 Å². The van der Waals surface area contributed by atoms with Crippen molar-refractivity contribution in [2.75, 3.05) is 6.61 Å². The molecule has 3 N–H and O–H groups in total. The molecule has 2 aromatic carbocycles. The molecule has 1 atom stereocenters. The number of hydrogen-bond donors (Lipinski definition) is 2. The number of aryl methyl sites for hydroxylation is 1. The number of hydrazine groups is 1. The number of ether oxygens (including phenoxy) is 1. The molecule has 0 spiro atoms. The molecule has 112 valence electrons. The maximum Gasteiger partial charge on any atom is 0.123 e. The van der Waals surface area contributed by atoms with E-state index in [9.17, 15) is 4.39 Å². The van der Waals surface area contributed by atoms with Crippen LogP contribution in [0.4, 0.5) is 4.39 Å². The highest BCUT2D eigenvalue weighted by Gasteiger charge is 2.13. The summed E-state index contributed by atoms with van der Waals surface area (Å²) in [6.45, 7) is 4.54. The number of nitrogens with one attached hydrogen (secondary N) is 1. The van der Waals surface area contributed by atoms with Gasteiger partial charge in [-0.2, -0.15) is 0 Å². The summed E-state index contributed by atoms with van der Waals surface area (Å²) in [5, 5.41) is 0. The molecular formula is C17H21FN2O. The number of nitrogens with two attached hydrogens (primary N) is 1. The van der Waals surface area contributed by atoms with Crippen LogP contribution in [-0.4, -0.2) is 6.61 Å². The van der Waals surface area contributed by atoms with Crippen molar-refractivity contribution in [1.82, 2.24) is 5.43 Å². The highest BCUT2D eigenvalue weighted by atomic mass is 19.1. The third-order valence-corrected chi connectivity index (χ3v) is 3.51. The Bertz CT molecular complexity index is 601. The van der Waals surface area contributed by atoms with E-state index in [4.69, 9.17) is 10.6 Å². The van der Waals surface area contributed by atoms with Gasteiger partial charge >= 0.3 is 0 Å². The number of benzene rings is 2. The van der Waals surface area contributed by atoms with Crippen LogP contribution in [0.2, 0.25) is 0 Å². The van der Waals surface area contributed by atoms with Crippen LogP contribution in [0.3, 0.4) is 0 Å². The van der Waals surface area contributed by atoms with Crippen molar-refractivity contribution >= 4 is 0 Å². The second kappa shape index (κ2) is 7.20. The lowest BCUT2D eigenvalue weighted by molar-refractivity contribution is 0.339. The van der Waals surface area contributed by atoms with Gasteiger partial charge in [0.15, 0.2) is 0 Å². The summed E-state index contributed by atoms with van der Waals surface area (Å²) in [7, 11) is 0. The Labute approximate surface area is 124 Å². The number of hydrogen-bond acceptors (Lipinski definition) is 3. The van der Waals surface area contributed by atoms with Gasteiger partial charge in [0.05, 0.1) is 12.6 Å². The normalized spacial score (nSPS) is 12.2. The highest BCUT2D eigenvalue weighted by molar-refractivity contribution is 5.33. The van der Waals surface area contributed by atoms with Crippen molar-refractivity contribution in [2.24, 2.45) is 5.84 Å². The summed E-state index contributed by atoms with van der Waals surface area (Å²) in [5.74, 6) is 6.26. The summed E-state index contributed by atoms with van der Waals surface area (Å²) >= 11 is 0. The predicted molar refractivity (Wildman–Crippen MR) is 82.5 cm³/mol. The number of rotatable bonds is 6. The van der Waals surface area contributed by atoms with Crippen molar-refractivity contribution in [3.8, 4) is 5.75 Å². The molecule has 0 saturated carbocycles. The molecule has 0 aliphatic carbocycles. The standard InChI is InChI=1S/C17H21FN2O/c1-3-21-16-6-4-5-13(10-16)17(20-19)11-14-9-15(18)8-7-12(14)2/h4-10,17,20H,3,11,19H2,1-2H3. The van der Waals surface area contributed by atoms with E-state index >= 15 is 0 Å². The Balaban J connectivity index is 2.23. The van der Waals surface area contributed by atoms with Crippen molar-refractivity contribution in [3.63, 3.8) is 0 Å². The van der Waals surface area contributed by atoms with Gasteiger partial charge in [0.1, 0.15) is 11.6 Å². The maximum atomic E-state index is 13.4. The molecule has 0 aliphatic heterocycles. The van der Waals surface area contributed by atoms with Crippen LogP contribution in [0.25, 0.3) is 0 Å². The lowest BCUT2D eigenvalue weighted by Crippen LogP contribution is -2.29. The fourth-order valence-corrected chi connectivity index (χ4v) is 2.34. The van der Waals surface area contributed by atoms with Gasteiger partial charge in [-0.05, 0) is 61.2 Å². The van der Waals surface area contributed by atoms with Crippen LogP contribution in [0.1, 0.15) is 29.7 Å². The molecule has 0 fully saturated rings. The van der Waals surface area contributed by atoms with Gasteiger partial charge in [0.2, 0.25) is 0 Å². The van der Waals surface area contributed by atoms with E-state index in [2.05, 4.69) is 5.43 Å². The zero-order valence-corrected chi connectivity index (χ0v) is 12.4. The van der Waals surface area contributed by atoms with Crippen molar-refractivity contribution in [2.45, 2.75) is 26.3 Å². The molecule has 0 radical (unpaired) electrons. The van der Waals surface area contributed by atoms with Gasteiger partial charge in [-0.3, -0.25) is 11.3 Å². The molecule has 0 aromatic heterocycles. The third-order valence-electron chi connectivity index (χ3n) is 3.51. The van der Waals surface area contributed by atoms with Crippen LogP contribution in [0, 0.1) is 12.7 Å². The number of halogens is 1. The van der Waals surface area contributed by atoms with E-state index in [-0.39, 0.29) is 11.9 Å². The predicted octanol–water partition coefficient (Wildman–Crippen LogP) is 3.28. The van der Waals surface area contributed by atoms with E-state index in [0.717, 1.165) is 22.4 Å². The quantitative estimate of drug-likeness (QED) is 0.633. The van der Waals surface area contributed by atoms with Gasteiger partial charge < -0.3 is 4.74 Å². The molecule has 2 aromatic rings. The minimum absolute atomic E-state index is 0.0918. The molecule has 4 heteroatoms. The summed E-state index contributed by atoms with van der Waals surface area (Å²) in [6.07, 6.45) is 0.621. The van der Waals surface area contributed by atoms with E-state index in [1.165, 1.54) is 6.07 Å². The van der Waals surface area contributed by atoms with E-state index in [1.54, 1.807) is 12.1 Å². The van der Waals surface area contributed by atoms with E-state index in [0.29, 0.717) is 13.0 Å². The second-order valence-electron chi connectivity index (χ2n) is 5.00. The van der Waals surface area contributed by atoms with Gasteiger partial charge in [0.25, 0.3) is 0 Å². The first-order chi connectivity index (χ1) is 10.1. The lowest BCUT2D eigenvalue weighted by atomic mass is 9.96. The minimum Gasteiger partial charge on any atom is -0.494 e. The van der Waals surface area contributed by atoms with Crippen LogP contribution >= 0.6 is 0 Å². The zero-order valence-electron chi connectivity index (χ0n) is 12.4. The molecule has 2 rings (SSSR count). The van der Waals surface area contributed by atoms with Crippen molar-refractivity contribution < 1.29 is 9.13 Å².